The molecule has 4 atom stereocenters. The van der Waals surface area contributed by atoms with Crippen molar-refractivity contribution < 1.29 is 25.2 Å². The zero-order chi connectivity index (χ0) is 18.6. The van der Waals surface area contributed by atoms with Crippen LogP contribution < -0.4 is 0 Å². The maximum atomic E-state index is 10.8. The number of aliphatic hydroxyl groups excluding tert-OH is 3. The van der Waals surface area contributed by atoms with Crippen molar-refractivity contribution >= 4 is 0 Å². The first-order valence-electron chi connectivity index (χ1n) is 8.69. The van der Waals surface area contributed by atoms with Gasteiger partial charge in [-0.3, -0.25) is 4.90 Å². The Labute approximate surface area is 152 Å². The van der Waals surface area contributed by atoms with E-state index in [0.29, 0.717) is 13.1 Å². The van der Waals surface area contributed by atoms with Crippen LogP contribution in [0.2, 0.25) is 0 Å². The van der Waals surface area contributed by atoms with E-state index in [9.17, 15) is 20.4 Å². The minimum Gasteiger partial charge on any atom is -0.388 e. The van der Waals surface area contributed by atoms with Crippen molar-refractivity contribution in [3.8, 4) is 0 Å². The Kier molecular flexibility index (Phi) is 6.03. The Balaban J connectivity index is 1.78. The van der Waals surface area contributed by atoms with E-state index in [4.69, 9.17) is 4.74 Å². The van der Waals surface area contributed by atoms with Gasteiger partial charge in [0.25, 0.3) is 0 Å². The largest absolute Gasteiger partial charge is 0.388 e. The molecule has 0 saturated carbocycles. The third kappa shape index (κ3) is 4.48. The molecule has 1 heterocycles. The summed E-state index contributed by atoms with van der Waals surface area (Å²) in [5, 5.41) is 40.5. The van der Waals surface area contributed by atoms with E-state index in [1.165, 1.54) is 0 Å². The summed E-state index contributed by atoms with van der Waals surface area (Å²) >= 11 is 0. The van der Waals surface area contributed by atoms with Gasteiger partial charge in [0.1, 0.15) is 18.3 Å². The monoisotopic (exact) mass is 359 g/mol. The Bertz CT molecular complexity index is 642. The normalized spacial score (nSPS) is 29.0. The third-order valence-corrected chi connectivity index (χ3v) is 4.63. The summed E-state index contributed by atoms with van der Waals surface area (Å²) in [6.45, 7) is 0.820. The van der Waals surface area contributed by atoms with Crippen LogP contribution in [-0.2, 0) is 17.8 Å². The summed E-state index contributed by atoms with van der Waals surface area (Å²) in [5.74, 6) is -1.96. The predicted molar refractivity (Wildman–Crippen MR) is 95.9 cm³/mol. The number of rotatable bonds is 6. The first-order valence-corrected chi connectivity index (χ1v) is 8.69. The average molecular weight is 359 g/mol. The van der Waals surface area contributed by atoms with Gasteiger partial charge in [0, 0.05) is 13.1 Å². The molecule has 140 valence electrons. The molecule has 0 aromatic heterocycles. The molecule has 0 aliphatic carbocycles. The van der Waals surface area contributed by atoms with Crippen molar-refractivity contribution in [2.45, 2.75) is 37.2 Å². The summed E-state index contributed by atoms with van der Waals surface area (Å²) in [6, 6.07) is 19.6. The molecule has 2 aromatic rings. The van der Waals surface area contributed by atoms with E-state index in [0.717, 1.165) is 11.1 Å². The van der Waals surface area contributed by atoms with E-state index in [2.05, 4.69) is 0 Å². The van der Waals surface area contributed by atoms with Gasteiger partial charge in [0.05, 0.1) is 13.2 Å². The number of hydrogen-bond donors (Lipinski definition) is 4. The van der Waals surface area contributed by atoms with Crippen molar-refractivity contribution in [1.29, 1.82) is 0 Å². The molecule has 0 bridgehead atoms. The van der Waals surface area contributed by atoms with Gasteiger partial charge in [-0.1, -0.05) is 60.7 Å². The molecule has 26 heavy (non-hydrogen) atoms. The molecule has 0 radical (unpaired) electrons. The lowest BCUT2D eigenvalue weighted by Crippen LogP contribution is -2.64. The summed E-state index contributed by atoms with van der Waals surface area (Å²) in [6.07, 6.45) is -4.27. The van der Waals surface area contributed by atoms with Crippen molar-refractivity contribution in [3.63, 3.8) is 0 Å². The predicted octanol–water partition coefficient (Wildman–Crippen LogP) is 0.490. The number of aliphatic hydroxyl groups is 4. The van der Waals surface area contributed by atoms with Crippen molar-refractivity contribution in [1.82, 2.24) is 4.90 Å². The molecule has 0 spiro atoms. The van der Waals surface area contributed by atoms with Gasteiger partial charge in [0.2, 0.25) is 5.79 Å². The van der Waals surface area contributed by atoms with Crippen LogP contribution in [0.25, 0.3) is 0 Å². The lowest BCUT2D eigenvalue weighted by molar-refractivity contribution is -0.325. The quantitative estimate of drug-likeness (QED) is 0.600. The topological polar surface area (TPSA) is 93.4 Å². The summed E-state index contributed by atoms with van der Waals surface area (Å²) in [5.41, 5.74) is 2.11. The van der Waals surface area contributed by atoms with Gasteiger partial charge in [-0.15, -0.1) is 0 Å². The molecule has 0 amide bonds. The first-order chi connectivity index (χ1) is 12.5. The summed E-state index contributed by atoms with van der Waals surface area (Å²) in [7, 11) is 0. The highest BCUT2D eigenvalue weighted by atomic mass is 16.6. The number of benzene rings is 2. The molecule has 2 aromatic carbocycles. The number of nitrogens with zero attached hydrogens (tertiary/aromatic N) is 1. The highest BCUT2D eigenvalue weighted by molar-refractivity contribution is 5.17. The van der Waals surface area contributed by atoms with E-state index in [-0.39, 0.29) is 13.2 Å². The van der Waals surface area contributed by atoms with Crippen LogP contribution in [0.3, 0.4) is 0 Å². The van der Waals surface area contributed by atoms with Gasteiger partial charge in [0.15, 0.2) is 0 Å². The van der Waals surface area contributed by atoms with E-state index < -0.39 is 24.1 Å². The maximum absolute atomic E-state index is 10.8. The molecule has 1 saturated heterocycles. The van der Waals surface area contributed by atoms with Crippen LogP contribution in [0.1, 0.15) is 11.1 Å². The number of hydrogen-bond acceptors (Lipinski definition) is 6. The molecule has 1 aliphatic heterocycles. The minimum atomic E-state index is -1.96. The Morgan fingerprint density at radius 3 is 1.88 bits per heavy atom. The second-order valence-electron chi connectivity index (χ2n) is 6.77. The highest BCUT2D eigenvalue weighted by Crippen LogP contribution is 2.26. The fourth-order valence-corrected chi connectivity index (χ4v) is 3.20. The van der Waals surface area contributed by atoms with Crippen LogP contribution in [-0.4, -0.2) is 62.6 Å². The average Bonchev–Trinajstić information content (AvgIpc) is 2.65. The molecular weight excluding hydrogens is 334 g/mol. The highest BCUT2D eigenvalue weighted by Gasteiger charge is 2.49. The Morgan fingerprint density at radius 1 is 0.885 bits per heavy atom. The second kappa shape index (κ2) is 8.26. The SMILES string of the molecule is OC1COC(O)(CN(Cc2ccccc2)Cc2ccccc2)C(O)C1O. The minimum absolute atomic E-state index is 0.0122. The first kappa shape index (κ1) is 19.0. The van der Waals surface area contributed by atoms with Gasteiger partial charge in [-0.05, 0) is 11.1 Å². The number of ether oxygens (including phenoxy) is 1. The fraction of sp³-hybridized carbons (Fsp3) is 0.400. The lowest BCUT2D eigenvalue weighted by atomic mass is 9.96. The van der Waals surface area contributed by atoms with E-state index in [1.54, 1.807) is 0 Å². The standard InChI is InChI=1S/C20H25NO5/c22-17-13-26-20(25,19(24)18(17)23)14-21(11-15-7-3-1-4-8-15)12-16-9-5-2-6-10-16/h1-10,17-19,22-25H,11-14H2. The molecule has 4 N–H and O–H groups in total. The van der Waals surface area contributed by atoms with Crippen molar-refractivity contribution in [2.75, 3.05) is 13.2 Å². The smallest absolute Gasteiger partial charge is 0.207 e. The van der Waals surface area contributed by atoms with Crippen LogP contribution in [0, 0.1) is 0 Å². The molecule has 1 fully saturated rings. The Hall–Kier alpha value is -1.80. The van der Waals surface area contributed by atoms with Crippen LogP contribution in [0.15, 0.2) is 60.7 Å². The van der Waals surface area contributed by atoms with Crippen LogP contribution in [0.4, 0.5) is 0 Å². The fourth-order valence-electron chi connectivity index (χ4n) is 3.20. The van der Waals surface area contributed by atoms with Crippen LogP contribution >= 0.6 is 0 Å². The molecule has 6 nitrogen and oxygen atoms in total. The molecule has 6 heteroatoms. The maximum Gasteiger partial charge on any atom is 0.207 e. The lowest BCUT2D eigenvalue weighted by Gasteiger charge is -2.43. The van der Waals surface area contributed by atoms with Gasteiger partial charge >= 0.3 is 0 Å². The second-order valence-corrected chi connectivity index (χ2v) is 6.77. The van der Waals surface area contributed by atoms with Gasteiger partial charge in [-0.2, -0.15) is 0 Å². The van der Waals surface area contributed by atoms with E-state index in [1.807, 2.05) is 65.6 Å². The zero-order valence-corrected chi connectivity index (χ0v) is 14.5. The molecular formula is C20H25NO5. The molecule has 4 unspecified atom stereocenters. The summed E-state index contributed by atoms with van der Waals surface area (Å²) in [4.78, 5) is 1.94. The van der Waals surface area contributed by atoms with Crippen LogP contribution in [0.5, 0.6) is 0 Å². The zero-order valence-electron chi connectivity index (χ0n) is 14.5. The molecule has 1 aliphatic rings. The van der Waals surface area contributed by atoms with Gasteiger partial charge < -0.3 is 25.2 Å². The van der Waals surface area contributed by atoms with Gasteiger partial charge in [-0.25, -0.2) is 0 Å². The molecule has 3 rings (SSSR count). The summed E-state index contributed by atoms with van der Waals surface area (Å²) < 4.78 is 5.32. The van der Waals surface area contributed by atoms with Crippen molar-refractivity contribution in [3.05, 3.63) is 71.8 Å². The third-order valence-electron chi connectivity index (χ3n) is 4.63. The van der Waals surface area contributed by atoms with E-state index >= 15 is 0 Å². The Morgan fingerprint density at radius 2 is 1.38 bits per heavy atom. The van der Waals surface area contributed by atoms with Crippen molar-refractivity contribution in [2.24, 2.45) is 0 Å².